The number of ether oxygens (including phenoxy) is 2. The highest BCUT2D eigenvalue weighted by atomic mass is 32.2. The fourth-order valence-corrected chi connectivity index (χ4v) is 12.0. The smallest absolute Gasteiger partial charge is 0.181 e. The lowest BCUT2D eigenvalue weighted by Gasteiger charge is -2.34. The Morgan fingerprint density at radius 2 is 1.43 bits per heavy atom. The van der Waals surface area contributed by atoms with Gasteiger partial charge in [-0.3, -0.25) is 0 Å². The van der Waals surface area contributed by atoms with E-state index in [4.69, 9.17) is 9.47 Å². The van der Waals surface area contributed by atoms with Gasteiger partial charge in [0.2, 0.25) is 0 Å². The normalized spacial score (nSPS) is 14.1. The maximum absolute atomic E-state index is 6.38. The number of thiophene rings is 3. The maximum atomic E-state index is 6.38. The minimum absolute atomic E-state index is 0.574. The fraction of sp³-hybridized carbons (Fsp3) is 0.364. The molecular weight excluding hydrogens is 703 g/mol. The summed E-state index contributed by atoms with van der Waals surface area (Å²) in [5.41, 5.74) is 7.78. The largest absolute Gasteiger partial charge is 0.485 e. The van der Waals surface area contributed by atoms with Crippen LogP contribution in [0.2, 0.25) is 0 Å². The number of unbranched alkanes of at least 4 members (excludes halogenated alkanes) is 4. The first-order valence-corrected chi connectivity index (χ1v) is 22.2. The number of rotatable bonds is 14. The van der Waals surface area contributed by atoms with E-state index in [0.29, 0.717) is 13.2 Å². The molecule has 51 heavy (non-hydrogen) atoms. The van der Waals surface area contributed by atoms with Crippen LogP contribution in [0.5, 0.6) is 11.5 Å². The molecule has 2 aliphatic rings. The predicted molar refractivity (Wildman–Crippen MR) is 223 cm³/mol. The first-order valence-electron chi connectivity index (χ1n) is 18.9. The highest BCUT2D eigenvalue weighted by Crippen LogP contribution is 2.58. The van der Waals surface area contributed by atoms with Gasteiger partial charge >= 0.3 is 0 Å². The van der Waals surface area contributed by atoms with Gasteiger partial charge in [0.05, 0.1) is 26.0 Å². The predicted octanol–water partition coefficient (Wildman–Crippen LogP) is 14.9. The lowest BCUT2D eigenvalue weighted by Crippen LogP contribution is -2.16. The summed E-state index contributed by atoms with van der Waals surface area (Å²) in [7, 11) is 0. The van der Waals surface area contributed by atoms with E-state index in [9.17, 15) is 0 Å². The molecule has 3 aromatic carbocycles. The van der Waals surface area contributed by atoms with Crippen LogP contribution in [0.1, 0.15) is 83.3 Å². The standard InChI is InChI=1S/C44H47NO2S4/c1-4-7-9-10-12-30-13-17-33(18-14-30)45-34-19-15-31(25-29(6-3)11-8-5-2)26-37(34)50-38-27-32(16-20-35(38)45)43-41-42(47-23-22-46-41)44(51-43)40-28-39-36(49-40)21-24-48-39/h13-21,24,26-29H,4-12,22-23,25H2,1-3H3. The molecule has 3 aromatic heterocycles. The van der Waals surface area contributed by atoms with Crippen LogP contribution >= 0.6 is 45.8 Å². The Labute approximate surface area is 319 Å². The molecule has 0 N–H and O–H groups in total. The molecule has 0 bridgehead atoms. The van der Waals surface area contributed by atoms with Crippen molar-refractivity contribution in [2.45, 2.75) is 94.8 Å². The van der Waals surface area contributed by atoms with E-state index < -0.39 is 0 Å². The van der Waals surface area contributed by atoms with Crippen molar-refractivity contribution in [2.75, 3.05) is 18.1 Å². The lowest BCUT2D eigenvalue weighted by atomic mass is 9.92. The molecule has 0 fully saturated rings. The number of aryl methyl sites for hydroxylation is 1. The first kappa shape index (κ1) is 34.8. The second-order valence-electron chi connectivity index (χ2n) is 13.9. The van der Waals surface area contributed by atoms with Crippen LogP contribution < -0.4 is 14.4 Å². The summed E-state index contributed by atoms with van der Waals surface area (Å²) in [4.78, 5) is 8.68. The van der Waals surface area contributed by atoms with Gasteiger partial charge in [-0.2, -0.15) is 0 Å². The SMILES string of the molecule is CCCCCCc1ccc(N2c3ccc(CC(CC)CCCC)cc3Sc3cc(-c4sc(-c5cc6sccc6s5)c5c4OCCO5)ccc32)cc1. The molecule has 5 heterocycles. The molecule has 8 rings (SSSR count). The summed E-state index contributed by atoms with van der Waals surface area (Å²) in [5.74, 6) is 2.53. The molecule has 1 unspecified atom stereocenters. The number of anilines is 3. The fourth-order valence-electron chi connectivity index (χ4n) is 7.43. The molecule has 0 aliphatic carbocycles. The Morgan fingerprint density at radius 3 is 2.20 bits per heavy atom. The Bertz CT molecular complexity index is 2080. The van der Waals surface area contributed by atoms with Crippen molar-refractivity contribution in [3.8, 4) is 31.7 Å². The van der Waals surface area contributed by atoms with E-state index in [1.54, 1.807) is 22.7 Å². The zero-order chi connectivity index (χ0) is 34.7. The van der Waals surface area contributed by atoms with Crippen LogP contribution in [-0.2, 0) is 12.8 Å². The molecular formula is C44H47NO2S4. The molecule has 3 nitrogen and oxygen atoms in total. The monoisotopic (exact) mass is 749 g/mol. The number of fused-ring (bicyclic) bond motifs is 4. The van der Waals surface area contributed by atoms with Crippen molar-refractivity contribution >= 4 is 72.2 Å². The van der Waals surface area contributed by atoms with Gasteiger partial charge in [0.15, 0.2) is 11.5 Å². The quantitative estimate of drug-likeness (QED) is 0.103. The zero-order valence-corrected chi connectivity index (χ0v) is 33.2. The van der Waals surface area contributed by atoms with E-state index in [1.165, 1.54) is 114 Å². The molecule has 0 spiro atoms. The molecule has 0 saturated heterocycles. The number of nitrogens with zero attached hydrogens (tertiary/aromatic N) is 1. The third kappa shape index (κ3) is 7.24. The molecule has 1 atom stereocenters. The molecule has 7 heteroatoms. The van der Waals surface area contributed by atoms with Gasteiger partial charge in [0.1, 0.15) is 13.2 Å². The topological polar surface area (TPSA) is 21.7 Å². The summed E-state index contributed by atoms with van der Waals surface area (Å²) < 4.78 is 15.4. The Morgan fingerprint density at radius 1 is 0.686 bits per heavy atom. The van der Waals surface area contributed by atoms with Crippen molar-refractivity contribution in [1.82, 2.24) is 0 Å². The minimum atomic E-state index is 0.574. The Kier molecular flexibility index (Phi) is 10.8. The molecule has 6 aromatic rings. The third-order valence-corrected chi connectivity index (χ3v) is 14.9. The van der Waals surface area contributed by atoms with Crippen molar-refractivity contribution < 1.29 is 9.47 Å². The van der Waals surface area contributed by atoms with Gasteiger partial charge in [-0.25, -0.2) is 0 Å². The Hall–Kier alpha value is -3.23. The molecule has 0 saturated carbocycles. The van der Waals surface area contributed by atoms with E-state index in [0.717, 1.165) is 35.1 Å². The zero-order valence-electron chi connectivity index (χ0n) is 30.0. The van der Waals surface area contributed by atoms with Gasteiger partial charge in [-0.1, -0.05) is 102 Å². The van der Waals surface area contributed by atoms with Crippen LogP contribution in [0.25, 0.3) is 29.6 Å². The lowest BCUT2D eigenvalue weighted by molar-refractivity contribution is 0.175. The molecule has 2 aliphatic heterocycles. The highest BCUT2D eigenvalue weighted by molar-refractivity contribution is 7.99. The highest BCUT2D eigenvalue weighted by Gasteiger charge is 2.30. The van der Waals surface area contributed by atoms with Crippen molar-refractivity contribution in [1.29, 1.82) is 0 Å². The first-order chi connectivity index (χ1) is 25.1. The van der Waals surface area contributed by atoms with Gasteiger partial charge in [-0.05, 0) is 95.8 Å². The average Bonchev–Trinajstić information content (AvgIpc) is 3.88. The summed E-state index contributed by atoms with van der Waals surface area (Å²) in [6, 6.07) is 28.1. The van der Waals surface area contributed by atoms with E-state index in [1.807, 2.05) is 23.1 Å². The van der Waals surface area contributed by atoms with Crippen LogP contribution in [-0.4, -0.2) is 13.2 Å². The van der Waals surface area contributed by atoms with Crippen LogP contribution in [0.4, 0.5) is 17.1 Å². The van der Waals surface area contributed by atoms with E-state index >= 15 is 0 Å². The second-order valence-corrected chi connectivity index (χ2v) is 18.0. The average molecular weight is 750 g/mol. The van der Waals surface area contributed by atoms with Gasteiger partial charge < -0.3 is 14.4 Å². The molecule has 0 amide bonds. The number of hydrogen-bond donors (Lipinski definition) is 0. The van der Waals surface area contributed by atoms with Crippen molar-refractivity contribution in [3.05, 3.63) is 89.3 Å². The minimum Gasteiger partial charge on any atom is -0.485 e. The second kappa shape index (κ2) is 15.8. The Balaban J connectivity index is 1.17. The molecule has 0 radical (unpaired) electrons. The van der Waals surface area contributed by atoms with Gasteiger partial charge in [-0.15, -0.1) is 34.0 Å². The number of benzene rings is 3. The van der Waals surface area contributed by atoms with Crippen molar-refractivity contribution in [3.63, 3.8) is 0 Å². The maximum Gasteiger partial charge on any atom is 0.181 e. The molecule has 264 valence electrons. The number of hydrogen-bond acceptors (Lipinski definition) is 7. The van der Waals surface area contributed by atoms with Crippen LogP contribution in [0.15, 0.2) is 88.0 Å². The van der Waals surface area contributed by atoms with E-state index in [-0.39, 0.29) is 0 Å². The summed E-state index contributed by atoms with van der Waals surface area (Å²) in [6.45, 7) is 8.09. The van der Waals surface area contributed by atoms with Crippen LogP contribution in [0.3, 0.4) is 0 Å². The van der Waals surface area contributed by atoms with Gasteiger partial charge in [0.25, 0.3) is 0 Å². The third-order valence-electron chi connectivity index (χ3n) is 10.3. The van der Waals surface area contributed by atoms with E-state index in [2.05, 4.69) is 104 Å². The van der Waals surface area contributed by atoms with Crippen molar-refractivity contribution in [2.24, 2.45) is 5.92 Å². The summed E-state index contributed by atoms with van der Waals surface area (Å²) in [6.07, 6.45) is 12.6. The van der Waals surface area contributed by atoms with Gasteiger partial charge in [0, 0.05) is 24.9 Å². The summed E-state index contributed by atoms with van der Waals surface area (Å²) in [5, 5.41) is 2.17. The van der Waals surface area contributed by atoms with Crippen LogP contribution in [0, 0.1) is 5.92 Å². The summed E-state index contributed by atoms with van der Waals surface area (Å²) >= 11 is 7.36.